The van der Waals surface area contributed by atoms with Crippen LogP contribution in [0.25, 0.3) is 0 Å². The molecule has 0 unspecified atom stereocenters. The number of fused-ring (bicyclic) bond motifs is 1. The Kier molecular flexibility index (Phi) is 3.90. The van der Waals surface area contributed by atoms with Crippen LogP contribution in [0.15, 0.2) is 29.8 Å². The van der Waals surface area contributed by atoms with E-state index < -0.39 is 0 Å². The first-order valence-electron chi connectivity index (χ1n) is 7.19. The average Bonchev–Trinajstić information content (AvgIpc) is 2.95. The molecular weight excluding hydrogens is 254 g/mol. The summed E-state index contributed by atoms with van der Waals surface area (Å²) in [6, 6.07) is 5.28. The molecule has 1 aliphatic carbocycles. The number of benzene rings is 1. The van der Waals surface area contributed by atoms with Gasteiger partial charge < -0.3 is 14.8 Å². The molecule has 1 N–H and O–H groups in total. The molecule has 0 saturated carbocycles. The zero-order valence-electron chi connectivity index (χ0n) is 11.5. The van der Waals surface area contributed by atoms with E-state index in [0.717, 1.165) is 6.42 Å². The number of hydrogen-bond donors (Lipinski definition) is 1. The van der Waals surface area contributed by atoms with Crippen molar-refractivity contribution in [2.24, 2.45) is 0 Å². The van der Waals surface area contributed by atoms with E-state index in [2.05, 4.69) is 11.4 Å². The van der Waals surface area contributed by atoms with Gasteiger partial charge in [0.25, 0.3) is 5.91 Å². The van der Waals surface area contributed by atoms with E-state index in [4.69, 9.17) is 9.47 Å². The topological polar surface area (TPSA) is 47.6 Å². The lowest BCUT2D eigenvalue weighted by Gasteiger charge is -2.13. The van der Waals surface area contributed by atoms with Gasteiger partial charge in [-0.1, -0.05) is 11.6 Å². The first-order chi connectivity index (χ1) is 9.83. The first kappa shape index (κ1) is 13.0. The van der Waals surface area contributed by atoms with E-state index >= 15 is 0 Å². The molecule has 1 heterocycles. The molecule has 1 aromatic carbocycles. The summed E-state index contributed by atoms with van der Waals surface area (Å²) in [5.41, 5.74) is 2.09. The van der Waals surface area contributed by atoms with E-state index in [1.165, 1.54) is 31.3 Å². The Morgan fingerprint density at radius 3 is 2.95 bits per heavy atom. The van der Waals surface area contributed by atoms with Crippen LogP contribution in [-0.2, 0) is 0 Å². The van der Waals surface area contributed by atoms with Gasteiger partial charge >= 0.3 is 0 Å². The van der Waals surface area contributed by atoms with E-state index in [0.29, 0.717) is 23.6 Å². The molecule has 0 fully saturated rings. The highest BCUT2D eigenvalue weighted by Gasteiger charge is 2.16. The van der Waals surface area contributed by atoms with Gasteiger partial charge in [0.15, 0.2) is 11.5 Å². The molecule has 106 valence electrons. The van der Waals surface area contributed by atoms with Gasteiger partial charge in [0, 0.05) is 12.1 Å². The normalized spacial score (nSPS) is 16.7. The van der Waals surface area contributed by atoms with Gasteiger partial charge in [-0.2, -0.15) is 0 Å². The number of carbonyl (C=O) groups excluding carboxylic acids is 1. The standard InChI is InChI=1S/C16H19NO3/c18-16(17-9-8-12-4-2-1-3-5-12)13-6-7-14-15(10-13)20-11-19-14/h4,6-7,10H,1-3,5,8-9,11H2,(H,17,18). The largest absolute Gasteiger partial charge is 0.454 e. The van der Waals surface area contributed by atoms with Crippen LogP contribution in [0.1, 0.15) is 42.5 Å². The lowest BCUT2D eigenvalue weighted by Crippen LogP contribution is -2.24. The molecule has 20 heavy (non-hydrogen) atoms. The van der Waals surface area contributed by atoms with Crippen LogP contribution in [0.4, 0.5) is 0 Å². The maximum atomic E-state index is 12.1. The molecule has 0 bridgehead atoms. The molecule has 0 radical (unpaired) electrons. The third kappa shape index (κ3) is 2.95. The van der Waals surface area contributed by atoms with Gasteiger partial charge in [-0.25, -0.2) is 0 Å². The number of nitrogens with one attached hydrogen (secondary N) is 1. The van der Waals surface area contributed by atoms with Crippen molar-refractivity contribution in [2.75, 3.05) is 13.3 Å². The Bertz CT molecular complexity index is 537. The summed E-state index contributed by atoms with van der Waals surface area (Å²) in [6.45, 7) is 0.924. The number of allylic oxidation sites excluding steroid dienone is 1. The summed E-state index contributed by atoms with van der Waals surface area (Å²) < 4.78 is 10.5. The van der Waals surface area contributed by atoms with E-state index in [9.17, 15) is 4.79 Å². The lowest BCUT2D eigenvalue weighted by atomic mass is 9.97. The fourth-order valence-corrected chi connectivity index (χ4v) is 2.61. The summed E-state index contributed by atoms with van der Waals surface area (Å²) in [6.07, 6.45) is 8.22. The Morgan fingerprint density at radius 1 is 1.20 bits per heavy atom. The number of ether oxygens (including phenoxy) is 2. The summed E-state index contributed by atoms with van der Waals surface area (Å²) in [4.78, 5) is 12.1. The minimum atomic E-state index is -0.0558. The van der Waals surface area contributed by atoms with Crippen LogP contribution in [0, 0.1) is 0 Å². The van der Waals surface area contributed by atoms with Crippen LogP contribution in [0.5, 0.6) is 11.5 Å². The number of rotatable bonds is 4. The highest BCUT2D eigenvalue weighted by molar-refractivity contribution is 5.94. The Hall–Kier alpha value is -1.97. The molecule has 0 atom stereocenters. The molecular formula is C16H19NO3. The van der Waals surface area contributed by atoms with Crippen molar-refractivity contribution in [3.05, 3.63) is 35.4 Å². The van der Waals surface area contributed by atoms with Crippen LogP contribution >= 0.6 is 0 Å². The number of carbonyl (C=O) groups is 1. The smallest absolute Gasteiger partial charge is 0.251 e. The van der Waals surface area contributed by atoms with E-state index in [-0.39, 0.29) is 12.7 Å². The molecule has 4 nitrogen and oxygen atoms in total. The minimum absolute atomic E-state index is 0.0558. The van der Waals surface area contributed by atoms with Gasteiger partial charge in [0.2, 0.25) is 6.79 Å². The van der Waals surface area contributed by atoms with Gasteiger partial charge in [0.1, 0.15) is 0 Å². The van der Waals surface area contributed by atoms with Gasteiger partial charge in [0.05, 0.1) is 0 Å². The number of amides is 1. The molecule has 2 aliphatic rings. The quantitative estimate of drug-likeness (QED) is 0.858. The van der Waals surface area contributed by atoms with Crippen molar-refractivity contribution in [1.29, 1.82) is 0 Å². The second-order valence-electron chi connectivity index (χ2n) is 5.18. The van der Waals surface area contributed by atoms with E-state index in [1.54, 1.807) is 18.2 Å². The van der Waals surface area contributed by atoms with Gasteiger partial charge in [-0.05, 0) is 50.3 Å². The second-order valence-corrected chi connectivity index (χ2v) is 5.18. The van der Waals surface area contributed by atoms with Gasteiger partial charge in [-0.3, -0.25) is 4.79 Å². The second kappa shape index (κ2) is 5.99. The lowest BCUT2D eigenvalue weighted by molar-refractivity contribution is 0.0953. The maximum absolute atomic E-state index is 12.1. The Morgan fingerprint density at radius 2 is 2.10 bits per heavy atom. The molecule has 4 heteroatoms. The van der Waals surface area contributed by atoms with Crippen molar-refractivity contribution in [2.45, 2.75) is 32.1 Å². The predicted octanol–water partition coefficient (Wildman–Crippen LogP) is 3.04. The molecule has 0 saturated heterocycles. The Labute approximate surface area is 118 Å². The molecule has 1 amide bonds. The summed E-state index contributed by atoms with van der Waals surface area (Å²) in [5.74, 6) is 1.29. The fourth-order valence-electron chi connectivity index (χ4n) is 2.61. The van der Waals surface area contributed by atoms with Crippen molar-refractivity contribution < 1.29 is 14.3 Å². The van der Waals surface area contributed by atoms with Crippen molar-refractivity contribution >= 4 is 5.91 Å². The molecule has 0 spiro atoms. The maximum Gasteiger partial charge on any atom is 0.251 e. The van der Waals surface area contributed by atoms with Crippen LogP contribution in [0.3, 0.4) is 0 Å². The SMILES string of the molecule is O=C(NCCC1=CCCCC1)c1ccc2c(c1)OCO2. The molecule has 1 aliphatic heterocycles. The van der Waals surface area contributed by atoms with Crippen molar-refractivity contribution in [3.63, 3.8) is 0 Å². The predicted molar refractivity (Wildman–Crippen MR) is 76.1 cm³/mol. The Balaban J connectivity index is 1.52. The average molecular weight is 273 g/mol. The van der Waals surface area contributed by atoms with Crippen molar-refractivity contribution in [1.82, 2.24) is 5.32 Å². The summed E-state index contributed by atoms with van der Waals surface area (Å²) in [5, 5.41) is 2.96. The van der Waals surface area contributed by atoms with Crippen LogP contribution in [0.2, 0.25) is 0 Å². The zero-order chi connectivity index (χ0) is 13.8. The van der Waals surface area contributed by atoms with Crippen LogP contribution in [-0.4, -0.2) is 19.2 Å². The molecule has 3 rings (SSSR count). The summed E-state index contributed by atoms with van der Waals surface area (Å²) in [7, 11) is 0. The minimum Gasteiger partial charge on any atom is -0.454 e. The monoisotopic (exact) mass is 273 g/mol. The molecule has 1 aromatic rings. The highest BCUT2D eigenvalue weighted by atomic mass is 16.7. The molecule has 0 aromatic heterocycles. The van der Waals surface area contributed by atoms with Crippen LogP contribution < -0.4 is 14.8 Å². The van der Waals surface area contributed by atoms with Gasteiger partial charge in [-0.15, -0.1) is 0 Å². The third-order valence-electron chi connectivity index (χ3n) is 3.75. The fraction of sp³-hybridized carbons (Fsp3) is 0.438. The van der Waals surface area contributed by atoms with Crippen molar-refractivity contribution in [3.8, 4) is 11.5 Å². The third-order valence-corrected chi connectivity index (χ3v) is 3.75. The van der Waals surface area contributed by atoms with E-state index in [1.807, 2.05) is 0 Å². The number of hydrogen-bond acceptors (Lipinski definition) is 3. The zero-order valence-corrected chi connectivity index (χ0v) is 11.5. The summed E-state index contributed by atoms with van der Waals surface area (Å²) >= 11 is 0. The highest BCUT2D eigenvalue weighted by Crippen LogP contribution is 2.32. The first-order valence-corrected chi connectivity index (χ1v) is 7.19.